The molecule has 0 heterocycles. The third-order valence-electron chi connectivity index (χ3n) is 7.13. The molecule has 4 aromatic carbocycles. The molecule has 0 aliphatic carbocycles. The van der Waals surface area contributed by atoms with Crippen molar-refractivity contribution in [1.82, 2.24) is 10.2 Å². The molecule has 0 bridgehead atoms. The lowest BCUT2D eigenvalue weighted by atomic mass is 10.1. The van der Waals surface area contributed by atoms with Crippen LogP contribution in [0.5, 0.6) is 11.5 Å². The molecule has 0 spiro atoms. The number of para-hydroxylation sites is 1. The van der Waals surface area contributed by atoms with Gasteiger partial charge in [0.15, 0.2) is 0 Å². The van der Waals surface area contributed by atoms with Gasteiger partial charge in [0.1, 0.15) is 24.1 Å². The number of nitrogens with one attached hydrogen (secondary N) is 1. The van der Waals surface area contributed by atoms with Crippen molar-refractivity contribution in [2.75, 3.05) is 23.9 Å². The number of ether oxygens (including phenoxy) is 1. The Balaban J connectivity index is 1.67. The molecule has 0 radical (unpaired) electrons. The van der Waals surface area contributed by atoms with Crippen LogP contribution in [0.2, 0.25) is 0 Å². The molecule has 2 amide bonds. The zero-order valence-corrected chi connectivity index (χ0v) is 26.0. The van der Waals surface area contributed by atoms with Crippen molar-refractivity contribution < 1.29 is 22.7 Å². The number of nitrogens with zero attached hydrogens (tertiary/aromatic N) is 2. The van der Waals surface area contributed by atoms with Crippen LogP contribution in [0.4, 0.5) is 5.69 Å². The standard InChI is InChI=1S/C35H39N3O5S/c1-3-25-36-35(40)33(4-2)37(26-24-28-14-8-5-9-15-28)34(39)27-38(44(41,42)32-18-12-7-13-19-32)29-20-22-31(23-21-29)43-30-16-10-6-11-17-30/h5-23,33H,3-4,24-27H2,1-2H3,(H,36,40). The second-order valence-corrected chi connectivity index (χ2v) is 12.1. The minimum absolute atomic E-state index is 0.0565. The van der Waals surface area contributed by atoms with Crippen molar-refractivity contribution in [3.63, 3.8) is 0 Å². The second-order valence-electron chi connectivity index (χ2n) is 10.3. The maximum absolute atomic E-state index is 14.1. The predicted octanol–water partition coefficient (Wildman–Crippen LogP) is 6.05. The van der Waals surface area contributed by atoms with E-state index in [1.54, 1.807) is 42.5 Å². The average Bonchev–Trinajstić information content (AvgIpc) is 3.06. The number of hydrogen-bond acceptors (Lipinski definition) is 5. The molecule has 0 aliphatic heterocycles. The molecule has 0 saturated heterocycles. The predicted molar refractivity (Wildman–Crippen MR) is 173 cm³/mol. The molecular weight excluding hydrogens is 574 g/mol. The van der Waals surface area contributed by atoms with Crippen LogP contribution in [0, 0.1) is 0 Å². The van der Waals surface area contributed by atoms with Crippen LogP contribution in [0.15, 0.2) is 120 Å². The molecule has 0 aromatic heterocycles. The summed E-state index contributed by atoms with van der Waals surface area (Å²) >= 11 is 0. The number of hydrogen-bond donors (Lipinski definition) is 1. The Morgan fingerprint density at radius 1 is 0.773 bits per heavy atom. The van der Waals surface area contributed by atoms with Gasteiger partial charge in [0.2, 0.25) is 11.8 Å². The van der Waals surface area contributed by atoms with Crippen LogP contribution >= 0.6 is 0 Å². The topological polar surface area (TPSA) is 96.0 Å². The van der Waals surface area contributed by atoms with Crippen molar-refractivity contribution in [2.45, 2.75) is 44.0 Å². The maximum Gasteiger partial charge on any atom is 0.264 e. The number of carbonyl (C=O) groups is 2. The number of anilines is 1. The quantitative estimate of drug-likeness (QED) is 0.176. The van der Waals surface area contributed by atoms with Gasteiger partial charge in [0.05, 0.1) is 10.6 Å². The molecule has 1 N–H and O–H groups in total. The third-order valence-corrected chi connectivity index (χ3v) is 8.92. The summed E-state index contributed by atoms with van der Waals surface area (Å²) in [4.78, 5) is 28.9. The number of benzene rings is 4. The molecule has 8 nitrogen and oxygen atoms in total. The first-order valence-electron chi connectivity index (χ1n) is 14.8. The van der Waals surface area contributed by atoms with Crippen LogP contribution in [0.25, 0.3) is 0 Å². The molecule has 1 atom stereocenters. The lowest BCUT2D eigenvalue weighted by Crippen LogP contribution is -2.53. The van der Waals surface area contributed by atoms with E-state index in [-0.39, 0.29) is 17.3 Å². The fourth-order valence-corrected chi connectivity index (χ4v) is 6.25. The second kappa shape index (κ2) is 15.7. The number of amides is 2. The van der Waals surface area contributed by atoms with E-state index in [1.165, 1.54) is 17.0 Å². The number of carbonyl (C=O) groups excluding carboxylic acids is 2. The van der Waals surface area contributed by atoms with Crippen molar-refractivity contribution in [3.8, 4) is 11.5 Å². The van der Waals surface area contributed by atoms with Gasteiger partial charge in [-0.3, -0.25) is 13.9 Å². The van der Waals surface area contributed by atoms with E-state index >= 15 is 0 Å². The molecule has 230 valence electrons. The lowest BCUT2D eigenvalue weighted by Gasteiger charge is -2.33. The summed E-state index contributed by atoms with van der Waals surface area (Å²) in [7, 11) is -4.14. The van der Waals surface area contributed by atoms with E-state index in [0.717, 1.165) is 16.3 Å². The monoisotopic (exact) mass is 613 g/mol. The zero-order chi connectivity index (χ0) is 31.4. The first kappa shape index (κ1) is 32.3. The zero-order valence-electron chi connectivity index (χ0n) is 25.1. The van der Waals surface area contributed by atoms with Gasteiger partial charge in [-0.1, -0.05) is 80.6 Å². The van der Waals surface area contributed by atoms with E-state index in [4.69, 9.17) is 4.74 Å². The SMILES string of the molecule is CCCNC(=O)C(CC)N(CCc1ccccc1)C(=O)CN(c1ccc(Oc2ccccc2)cc1)S(=O)(=O)c1ccccc1. The van der Waals surface area contributed by atoms with Crippen molar-refractivity contribution in [3.05, 3.63) is 121 Å². The summed E-state index contributed by atoms with van der Waals surface area (Å²) in [6.07, 6.45) is 1.65. The molecule has 0 aliphatic rings. The van der Waals surface area contributed by atoms with Crippen molar-refractivity contribution in [1.29, 1.82) is 0 Å². The van der Waals surface area contributed by atoms with E-state index in [0.29, 0.717) is 36.6 Å². The van der Waals surface area contributed by atoms with Crippen LogP contribution in [0.1, 0.15) is 32.3 Å². The van der Waals surface area contributed by atoms with Gasteiger partial charge in [-0.2, -0.15) is 0 Å². The highest BCUT2D eigenvalue weighted by atomic mass is 32.2. The third kappa shape index (κ3) is 8.48. The van der Waals surface area contributed by atoms with Gasteiger partial charge in [-0.25, -0.2) is 8.42 Å². The van der Waals surface area contributed by atoms with Crippen LogP contribution < -0.4 is 14.4 Å². The average molecular weight is 614 g/mol. The summed E-state index contributed by atoms with van der Waals surface area (Å²) in [5, 5.41) is 2.91. The first-order valence-corrected chi connectivity index (χ1v) is 16.3. The highest BCUT2D eigenvalue weighted by Crippen LogP contribution is 2.28. The van der Waals surface area contributed by atoms with E-state index in [1.807, 2.05) is 74.5 Å². The summed E-state index contributed by atoms with van der Waals surface area (Å²) in [6, 6.07) is 32.8. The molecule has 1 unspecified atom stereocenters. The van der Waals surface area contributed by atoms with Gasteiger partial charge >= 0.3 is 0 Å². The Kier molecular flexibility index (Phi) is 11.5. The largest absolute Gasteiger partial charge is 0.457 e. The van der Waals surface area contributed by atoms with Crippen LogP contribution in [0.3, 0.4) is 0 Å². The highest BCUT2D eigenvalue weighted by molar-refractivity contribution is 7.92. The van der Waals surface area contributed by atoms with Crippen molar-refractivity contribution in [2.24, 2.45) is 0 Å². The highest BCUT2D eigenvalue weighted by Gasteiger charge is 2.33. The number of sulfonamides is 1. The fraction of sp³-hybridized carbons (Fsp3) is 0.257. The molecule has 4 rings (SSSR count). The summed E-state index contributed by atoms with van der Waals surface area (Å²) in [5.41, 5.74) is 1.31. The minimum atomic E-state index is -4.14. The Labute approximate surface area is 260 Å². The van der Waals surface area contributed by atoms with Crippen LogP contribution in [-0.4, -0.2) is 50.8 Å². The molecule has 0 saturated carbocycles. The molecule has 4 aromatic rings. The summed E-state index contributed by atoms with van der Waals surface area (Å²) in [5.74, 6) is 0.441. The van der Waals surface area contributed by atoms with Gasteiger partial charge in [-0.05, 0) is 73.4 Å². The van der Waals surface area contributed by atoms with E-state index in [9.17, 15) is 18.0 Å². The first-order chi connectivity index (χ1) is 21.3. The summed E-state index contributed by atoms with van der Waals surface area (Å²) in [6.45, 7) is 4.07. The lowest BCUT2D eigenvalue weighted by molar-refractivity contribution is -0.139. The number of rotatable bonds is 15. The van der Waals surface area contributed by atoms with E-state index in [2.05, 4.69) is 5.32 Å². The molecular formula is C35H39N3O5S. The van der Waals surface area contributed by atoms with Gasteiger partial charge in [-0.15, -0.1) is 0 Å². The molecule has 0 fully saturated rings. The summed E-state index contributed by atoms with van der Waals surface area (Å²) < 4.78 is 35.0. The van der Waals surface area contributed by atoms with Crippen LogP contribution in [-0.2, 0) is 26.0 Å². The maximum atomic E-state index is 14.1. The Morgan fingerprint density at radius 2 is 1.34 bits per heavy atom. The van der Waals surface area contributed by atoms with Gasteiger partial charge in [0, 0.05) is 13.1 Å². The molecule has 44 heavy (non-hydrogen) atoms. The van der Waals surface area contributed by atoms with E-state index < -0.39 is 28.5 Å². The smallest absolute Gasteiger partial charge is 0.264 e. The Morgan fingerprint density at radius 3 is 1.93 bits per heavy atom. The van der Waals surface area contributed by atoms with Crippen molar-refractivity contribution >= 4 is 27.5 Å². The Hall–Kier alpha value is -4.63. The Bertz CT molecular complexity index is 1580. The minimum Gasteiger partial charge on any atom is -0.457 e. The normalized spacial score (nSPS) is 11.8. The van der Waals surface area contributed by atoms with Gasteiger partial charge in [0.25, 0.3) is 10.0 Å². The van der Waals surface area contributed by atoms with Gasteiger partial charge < -0.3 is 15.0 Å². The molecule has 9 heteroatoms. The fourth-order valence-electron chi connectivity index (χ4n) is 4.82.